The van der Waals surface area contributed by atoms with Crippen molar-refractivity contribution in [3.63, 3.8) is 0 Å². The molecule has 0 amide bonds. The maximum atomic E-state index is 11.7. The molecule has 0 aliphatic rings. The molecule has 154 valence electrons. The minimum Gasteiger partial charge on any atom is -0.390 e. The maximum absolute atomic E-state index is 11.7. The van der Waals surface area contributed by atoms with E-state index in [0.717, 1.165) is 11.1 Å². The quantitative estimate of drug-likeness (QED) is 0.270. The van der Waals surface area contributed by atoms with Crippen molar-refractivity contribution in [2.45, 2.75) is 25.7 Å². The summed E-state index contributed by atoms with van der Waals surface area (Å²) < 4.78 is 9.35. The Bertz CT molecular complexity index is 836. The average Bonchev–Trinajstić information content (AvgIpc) is 2.75. The summed E-state index contributed by atoms with van der Waals surface area (Å²) in [5, 5.41) is 0. The highest BCUT2D eigenvalue weighted by Gasteiger charge is 2.10. The third kappa shape index (κ3) is 9.41. The van der Waals surface area contributed by atoms with Crippen LogP contribution in [-0.2, 0) is 28.7 Å². The molecule has 6 nitrogen and oxygen atoms in total. The fourth-order valence-electron chi connectivity index (χ4n) is 2.39. The molecule has 0 aliphatic carbocycles. The summed E-state index contributed by atoms with van der Waals surface area (Å²) >= 11 is 0. The number of carbonyl (C=O) groups is 4. The van der Waals surface area contributed by atoms with Crippen molar-refractivity contribution < 1.29 is 28.7 Å². The second-order valence-corrected chi connectivity index (χ2v) is 6.28. The smallest absolute Gasteiger partial charge is 0.338 e. The van der Waals surface area contributed by atoms with Crippen LogP contribution in [0.3, 0.4) is 0 Å². The van der Waals surface area contributed by atoms with Crippen LogP contribution in [0.5, 0.6) is 0 Å². The zero-order valence-electron chi connectivity index (χ0n) is 16.4. The van der Waals surface area contributed by atoms with Gasteiger partial charge in [-0.1, -0.05) is 60.7 Å². The average molecular weight is 406 g/mol. The fourth-order valence-corrected chi connectivity index (χ4v) is 2.39. The number of hydrogen-bond donors (Lipinski definition) is 0. The summed E-state index contributed by atoms with van der Waals surface area (Å²) in [5.74, 6) is -2.85. The van der Waals surface area contributed by atoms with Crippen molar-refractivity contribution in [2.24, 2.45) is 0 Å². The summed E-state index contributed by atoms with van der Waals surface area (Å²) in [6, 6.07) is 18.3. The number of ether oxygens (including phenoxy) is 2. The Kier molecular flexibility index (Phi) is 9.46. The lowest BCUT2D eigenvalue weighted by Gasteiger charge is -2.01. The van der Waals surface area contributed by atoms with Gasteiger partial charge in [-0.15, -0.1) is 0 Å². The summed E-state index contributed by atoms with van der Waals surface area (Å²) in [4.78, 5) is 46.5. The Labute approximate surface area is 174 Å². The molecule has 0 unspecified atom stereocenters. The van der Waals surface area contributed by atoms with E-state index in [1.807, 2.05) is 60.7 Å². The van der Waals surface area contributed by atoms with Gasteiger partial charge in [0.1, 0.15) is 0 Å². The van der Waals surface area contributed by atoms with Gasteiger partial charge in [-0.05, 0) is 36.1 Å². The molecule has 0 N–H and O–H groups in total. The van der Waals surface area contributed by atoms with Crippen LogP contribution in [-0.4, -0.2) is 23.9 Å². The van der Waals surface area contributed by atoms with E-state index in [2.05, 4.69) is 9.47 Å². The van der Waals surface area contributed by atoms with E-state index < -0.39 is 23.9 Å². The maximum Gasteiger partial charge on any atom is 0.338 e. The standard InChI is InChI=1S/C24H22O6/c25-21(29-23(27)17-15-19-9-3-1-4-10-19)13-7-8-14-22(26)30-24(28)18-16-20-11-5-2-6-12-20/h1-6,9-12,15-18H,7-8,13-14H2/b17-15+,18-16+. The van der Waals surface area contributed by atoms with E-state index in [-0.39, 0.29) is 12.8 Å². The SMILES string of the molecule is O=C(/C=C/c1ccccc1)OC(=O)CCCCC(=O)OC(=O)/C=C/c1ccccc1. The Balaban J connectivity index is 1.59. The van der Waals surface area contributed by atoms with Crippen molar-refractivity contribution in [3.8, 4) is 0 Å². The molecule has 30 heavy (non-hydrogen) atoms. The third-order valence-corrected chi connectivity index (χ3v) is 3.86. The molecule has 2 rings (SSSR count). The second-order valence-electron chi connectivity index (χ2n) is 6.28. The van der Waals surface area contributed by atoms with Crippen molar-refractivity contribution >= 4 is 36.0 Å². The first-order valence-electron chi connectivity index (χ1n) is 9.48. The summed E-state index contributed by atoms with van der Waals surface area (Å²) in [6.07, 6.45) is 6.09. The highest BCUT2D eigenvalue weighted by Crippen LogP contribution is 2.06. The van der Waals surface area contributed by atoms with Gasteiger partial charge in [-0.2, -0.15) is 0 Å². The first kappa shape index (κ1) is 22.5. The van der Waals surface area contributed by atoms with Gasteiger partial charge in [0.2, 0.25) is 0 Å². The minimum absolute atomic E-state index is 0.0138. The van der Waals surface area contributed by atoms with Gasteiger partial charge in [0.05, 0.1) is 0 Å². The van der Waals surface area contributed by atoms with Gasteiger partial charge in [0, 0.05) is 25.0 Å². The highest BCUT2D eigenvalue weighted by atomic mass is 16.6. The van der Waals surface area contributed by atoms with Crippen molar-refractivity contribution in [3.05, 3.63) is 83.9 Å². The van der Waals surface area contributed by atoms with Gasteiger partial charge in [0.25, 0.3) is 0 Å². The fraction of sp³-hybridized carbons (Fsp3) is 0.167. The molecule has 2 aromatic rings. The second kappa shape index (κ2) is 12.6. The van der Waals surface area contributed by atoms with Crippen LogP contribution < -0.4 is 0 Å². The molecule has 0 aromatic heterocycles. The van der Waals surface area contributed by atoms with E-state index in [1.165, 1.54) is 12.2 Å². The zero-order valence-corrected chi connectivity index (χ0v) is 16.4. The van der Waals surface area contributed by atoms with E-state index in [1.54, 1.807) is 12.2 Å². The number of carbonyl (C=O) groups excluding carboxylic acids is 4. The molecule has 2 aromatic carbocycles. The summed E-state index contributed by atoms with van der Waals surface area (Å²) in [6.45, 7) is 0. The lowest BCUT2D eigenvalue weighted by molar-refractivity contribution is -0.158. The van der Waals surface area contributed by atoms with Gasteiger partial charge in [0.15, 0.2) is 0 Å². The molecule has 0 heterocycles. The number of rotatable bonds is 9. The highest BCUT2D eigenvalue weighted by molar-refractivity contribution is 5.95. The Morgan fingerprint density at radius 2 is 0.967 bits per heavy atom. The van der Waals surface area contributed by atoms with E-state index in [9.17, 15) is 19.2 Å². The molecule has 6 heteroatoms. The van der Waals surface area contributed by atoms with Crippen LogP contribution in [0.1, 0.15) is 36.8 Å². The molecule has 0 radical (unpaired) electrons. The van der Waals surface area contributed by atoms with Crippen LogP contribution in [0.25, 0.3) is 12.2 Å². The van der Waals surface area contributed by atoms with Crippen LogP contribution in [0.15, 0.2) is 72.8 Å². The monoisotopic (exact) mass is 406 g/mol. The van der Waals surface area contributed by atoms with Crippen LogP contribution >= 0.6 is 0 Å². The van der Waals surface area contributed by atoms with Gasteiger partial charge in [-0.25, -0.2) is 9.59 Å². The molecule has 0 atom stereocenters. The predicted octanol–water partition coefficient (Wildman–Crippen LogP) is 4.11. The molecule has 0 bridgehead atoms. The number of benzene rings is 2. The summed E-state index contributed by atoms with van der Waals surface area (Å²) in [7, 11) is 0. The zero-order chi connectivity index (χ0) is 21.6. The molecular formula is C24H22O6. The predicted molar refractivity (Wildman–Crippen MR) is 112 cm³/mol. The number of hydrogen-bond acceptors (Lipinski definition) is 6. The lowest BCUT2D eigenvalue weighted by atomic mass is 10.2. The van der Waals surface area contributed by atoms with E-state index >= 15 is 0 Å². The van der Waals surface area contributed by atoms with Gasteiger partial charge >= 0.3 is 23.9 Å². The minimum atomic E-state index is -0.751. The van der Waals surface area contributed by atoms with Crippen molar-refractivity contribution in [1.29, 1.82) is 0 Å². The topological polar surface area (TPSA) is 86.7 Å². The first-order chi connectivity index (χ1) is 14.5. The van der Waals surface area contributed by atoms with Gasteiger partial charge < -0.3 is 9.47 Å². The third-order valence-electron chi connectivity index (χ3n) is 3.86. The summed E-state index contributed by atoms with van der Waals surface area (Å²) in [5.41, 5.74) is 1.63. The van der Waals surface area contributed by atoms with Crippen molar-refractivity contribution in [1.82, 2.24) is 0 Å². The Hall–Kier alpha value is -3.80. The normalized spacial score (nSPS) is 10.8. The largest absolute Gasteiger partial charge is 0.390 e. The number of esters is 4. The molecule has 0 saturated carbocycles. The first-order valence-corrected chi connectivity index (χ1v) is 9.48. The molecular weight excluding hydrogens is 384 g/mol. The van der Waals surface area contributed by atoms with Crippen LogP contribution in [0, 0.1) is 0 Å². The van der Waals surface area contributed by atoms with E-state index in [0.29, 0.717) is 12.8 Å². The van der Waals surface area contributed by atoms with Crippen LogP contribution in [0.4, 0.5) is 0 Å². The van der Waals surface area contributed by atoms with Crippen molar-refractivity contribution in [2.75, 3.05) is 0 Å². The Morgan fingerprint density at radius 1 is 0.600 bits per heavy atom. The Morgan fingerprint density at radius 3 is 1.33 bits per heavy atom. The van der Waals surface area contributed by atoms with Crippen LogP contribution in [0.2, 0.25) is 0 Å². The van der Waals surface area contributed by atoms with E-state index in [4.69, 9.17) is 0 Å². The van der Waals surface area contributed by atoms with Gasteiger partial charge in [-0.3, -0.25) is 9.59 Å². The number of unbranched alkanes of at least 4 members (excludes halogenated alkanes) is 1. The molecule has 0 saturated heterocycles. The molecule has 0 spiro atoms. The lowest BCUT2D eigenvalue weighted by Crippen LogP contribution is -2.11. The molecule has 0 aliphatic heterocycles. The molecule has 0 fully saturated rings.